The van der Waals surface area contributed by atoms with Gasteiger partial charge in [-0.1, -0.05) is 11.6 Å². The molecule has 0 bridgehead atoms. The van der Waals surface area contributed by atoms with Gasteiger partial charge in [-0.15, -0.1) is 0 Å². The van der Waals surface area contributed by atoms with Crippen LogP contribution in [0.3, 0.4) is 0 Å². The molecule has 6 heteroatoms. The Morgan fingerprint density at radius 2 is 1.97 bits per heavy atom. The van der Waals surface area contributed by atoms with Gasteiger partial charge in [0.25, 0.3) is 0 Å². The van der Waals surface area contributed by atoms with E-state index >= 15 is 0 Å². The number of epoxide rings is 2. The van der Waals surface area contributed by atoms with Gasteiger partial charge in [0, 0.05) is 20.6 Å². The van der Waals surface area contributed by atoms with Crippen molar-refractivity contribution >= 4 is 5.97 Å². The summed E-state index contributed by atoms with van der Waals surface area (Å²) in [7, 11) is 3.36. The quantitative estimate of drug-likeness (QED) is 0.327. The molecule has 3 fully saturated rings. The predicted octanol–water partition coefficient (Wildman–Crippen LogP) is 3.81. The highest BCUT2D eigenvalue weighted by molar-refractivity contribution is 5.69. The highest BCUT2D eigenvalue weighted by Gasteiger charge is 2.72. The summed E-state index contributed by atoms with van der Waals surface area (Å²) in [6, 6.07) is 0. The van der Waals surface area contributed by atoms with Crippen LogP contribution >= 0.6 is 0 Å². The summed E-state index contributed by atoms with van der Waals surface area (Å²) < 4.78 is 29.4. The summed E-state index contributed by atoms with van der Waals surface area (Å²) >= 11 is 0. The zero-order valence-electron chi connectivity index (χ0n) is 19.1. The monoisotopic (exact) mass is 410 g/mol. The molecule has 0 aromatic heterocycles. The number of rotatable bonds is 9. The average Bonchev–Trinajstić information content (AvgIpc) is 3.57. The fourth-order valence-corrected chi connectivity index (χ4v) is 4.80. The molecule has 3 rings (SSSR count). The van der Waals surface area contributed by atoms with E-state index in [1.165, 1.54) is 5.57 Å². The minimum absolute atomic E-state index is 0.0533. The first kappa shape index (κ1) is 22.7. The number of carbonyl (C=O) groups is 1. The van der Waals surface area contributed by atoms with Crippen molar-refractivity contribution in [3.8, 4) is 0 Å². The lowest BCUT2D eigenvalue weighted by Crippen LogP contribution is -2.55. The SMILES string of the molecule is CO[C@@H]1[C@H](OC(=O)CCC(C)(C)OC)CCC2(CO2)[C@H]1[C@@]1(C)O[C@@H]1CC=C(C)C. The van der Waals surface area contributed by atoms with Crippen LogP contribution in [0.15, 0.2) is 11.6 Å². The van der Waals surface area contributed by atoms with Crippen molar-refractivity contribution in [3.05, 3.63) is 11.6 Å². The molecular formula is C23H38O6. The summed E-state index contributed by atoms with van der Waals surface area (Å²) in [6.07, 6.45) is 5.32. The van der Waals surface area contributed by atoms with Crippen LogP contribution in [-0.4, -0.2) is 61.9 Å². The lowest BCUT2D eigenvalue weighted by molar-refractivity contribution is -0.172. The Kier molecular flexibility index (Phi) is 6.50. The second kappa shape index (κ2) is 8.29. The molecule has 1 unspecified atom stereocenters. The van der Waals surface area contributed by atoms with Crippen molar-refractivity contribution < 1.29 is 28.5 Å². The number of hydrogen-bond donors (Lipinski definition) is 0. The molecule has 0 amide bonds. The second-order valence-electron chi connectivity index (χ2n) is 9.87. The third-order valence-electron chi connectivity index (χ3n) is 7.00. The molecule has 2 heterocycles. The second-order valence-corrected chi connectivity index (χ2v) is 9.87. The molecule has 0 radical (unpaired) electrons. The van der Waals surface area contributed by atoms with Gasteiger partial charge in [0.2, 0.25) is 0 Å². The topological polar surface area (TPSA) is 69.8 Å². The van der Waals surface area contributed by atoms with Crippen molar-refractivity contribution in [2.24, 2.45) is 5.92 Å². The van der Waals surface area contributed by atoms with Crippen LogP contribution in [0, 0.1) is 5.92 Å². The standard InChI is InChI=1S/C23H38O6/c1-15(2)8-9-17-22(5,29-17)20-19(25-6)16(10-13-23(20)14-27-23)28-18(24)11-12-21(3,4)26-7/h8,16-17,19-20H,9-14H2,1-7H3/t16-,17-,19-,20-,22+,23?/m1/s1. The molecule has 29 heavy (non-hydrogen) atoms. The summed E-state index contributed by atoms with van der Waals surface area (Å²) in [4.78, 5) is 12.5. The first-order valence-electron chi connectivity index (χ1n) is 10.8. The number of ether oxygens (including phenoxy) is 5. The molecule has 2 aliphatic heterocycles. The summed E-state index contributed by atoms with van der Waals surface area (Å²) in [5, 5.41) is 0. The molecule has 1 spiro atoms. The predicted molar refractivity (Wildman–Crippen MR) is 110 cm³/mol. The molecule has 1 saturated carbocycles. The van der Waals surface area contributed by atoms with E-state index in [1.807, 2.05) is 13.8 Å². The van der Waals surface area contributed by atoms with Crippen LogP contribution in [0.25, 0.3) is 0 Å². The lowest BCUT2D eigenvalue weighted by Gasteiger charge is -2.42. The van der Waals surface area contributed by atoms with Crippen LogP contribution in [0.4, 0.5) is 0 Å². The Hall–Kier alpha value is -0.950. The van der Waals surface area contributed by atoms with Gasteiger partial charge in [0.1, 0.15) is 23.4 Å². The van der Waals surface area contributed by atoms with Gasteiger partial charge in [-0.3, -0.25) is 4.79 Å². The van der Waals surface area contributed by atoms with E-state index in [9.17, 15) is 4.79 Å². The number of carbonyl (C=O) groups excluding carboxylic acids is 1. The van der Waals surface area contributed by atoms with Crippen LogP contribution < -0.4 is 0 Å². The van der Waals surface area contributed by atoms with Crippen molar-refractivity contribution in [1.82, 2.24) is 0 Å². The zero-order valence-corrected chi connectivity index (χ0v) is 19.1. The van der Waals surface area contributed by atoms with Gasteiger partial charge >= 0.3 is 5.97 Å². The number of hydrogen-bond acceptors (Lipinski definition) is 6. The van der Waals surface area contributed by atoms with Crippen LogP contribution in [0.2, 0.25) is 0 Å². The Morgan fingerprint density at radius 1 is 1.28 bits per heavy atom. The summed E-state index contributed by atoms with van der Waals surface area (Å²) in [5.41, 5.74) is 0.439. The van der Waals surface area contributed by atoms with Crippen LogP contribution in [-0.2, 0) is 28.5 Å². The first-order valence-corrected chi connectivity index (χ1v) is 10.8. The highest BCUT2D eigenvalue weighted by Crippen LogP contribution is 2.59. The van der Waals surface area contributed by atoms with E-state index in [4.69, 9.17) is 23.7 Å². The van der Waals surface area contributed by atoms with Gasteiger partial charge in [0.15, 0.2) is 0 Å². The fourth-order valence-electron chi connectivity index (χ4n) is 4.80. The summed E-state index contributed by atoms with van der Waals surface area (Å²) in [5.74, 6) is -0.144. The molecular weight excluding hydrogens is 372 g/mol. The van der Waals surface area contributed by atoms with Gasteiger partial charge < -0.3 is 23.7 Å². The number of allylic oxidation sites excluding steroid dienone is 1. The molecule has 1 aliphatic carbocycles. The Balaban J connectivity index is 1.67. The largest absolute Gasteiger partial charge is 0.460 e. The van der Waals surface area contributed by atoms with E-state index in [-0.39, 0.29) is 47.0 Å². The fraction of sp³-hybridized carbons (Fsp3) is 0.870. The van der Waals surface area contributed by atoms with E-state index in [0.717, 1.165) is 25.9 Å². The van der Waals surface area contributed by atoms with E-state index in [2.05, 4.69) is 26.8 Å². The third-order valence-corrected chi connectivity index (χ3v) is 7.00. The zero-order chi connectivity index (χ0) is 21.4. The van der Waals surface area contributed by atoms with Crippen molar-refractivity contribution in [1.29, 1.82) is 0 Å². The molecule has 0 N–H and O–H groups in total. The van der Waals surface area contributed by atoms with E-state index in [1.54, 1.807) is 14.2 Å². The number of methoxy groups -OCH3 is 2. The van der Waals surface area contributed by atoms with E-state index < -0.39 is 0 Å². The number of esters is 1. The third kappa shape index (κ3) is 4.87. The Labute approximate surface area is 175 Å². The highest BCUT2D eigenvalue weighted by atomic mass is 16.6. The smallest absolute Gasteiger partial charge is 0.306 e. The van der Waals surface area contributed by atoms with E-state index in [0.29, 0.717) is 12.8 Å². The van der Waals surface area contributed by atoms with Crippen molar-refractivity contribution in [2.75, 3.05) is 20.8 Å². The summed E-state index contributed by atoms with van der Waals surface area (Å²) in [6.45, 7) is 11.0. The minimum atomic E-state index is -0.339. The van der Waals surface area contributed by atoms with Crippen LogP contribution in [0.5, 0.6) is 0 Å². The molecule has 166 valence electrons. The first-order chi connectivity index (χ1) is 13.6. The molecule has 2 saturated heterocycles. The maximum absolute atomic E-state index is 12.5. The molecule has 3 aliphatic rings. The minimum Gasteiger partial charge on any atom is -0.460 e. The lowest BCUT2D eigenvalue weighted by atomic mass is 9.68. The van der Waals surface area contributed by atoms with Gasteiger partial charge in [-0.05, 0) is 60.3 Å². The van der Waals surface area contributed by atoms with Crippen molar-refractivity contribution in [2.45, 2.75) is 102 Å². The maximum atomic E-state index is 12.5. The average molecular weight is 411 g/mol. The molecule has 0 aromatic rings. The van der Waals surface area contributed by atoms with Crippen molar-refractivity contribution in [3.63, 3.8) is 0 Å². The van der Waals surface area contributed by atoms with Gasteiger partial charge in [-0.2, -0.15) is 0 Å². The maximum Gasteiger partial charge on any atom is 0.306 e. The van der Waals surface area contributed by atoms with Crippen LogP contribution in [0.1, 0.15) is 66.7 Å². The normalized spacial score (nSPS) is 38.6. The molecule has 6 atom stereocenters. The van der Waals surface area contributed by atoms with Gasteiger partial charge in [-0.25, -0.2) is 0 Å². The van der Waals surface area contributed by atoms with Gasteiger partial charge in [0.05, 0.1) is 24.2 Å². The Bertz CT molecular complexity index is 633. The Morgan fingerprint density at radius 3 is 2.52 bits per heavy atom. The molecule has 6 nitrogen and oxygen atoms in total. The molecule has 0 aromatic carbocycles.